The zero-order valence-electron chi connectivity index (χ0n) is 9.44. The summed E-state index contributed by atoms with van der Waals surface area (Å²) in [7, 11) is 0. The van der Waals surface area contributed by atoms with E-state index in [4.69, 9.17) is 5.26 Å². The van der Waals surface area contributed by atoms with Crippen LogP contribution >= 0.6 is 0 Å². The molecule has 6 heteroatoms. The van der Waals surface area contributed by atoms with Crippen LogP contribution < -0.4 is 5.32 Å². The summed E-state index contributed by atoms with van der Waals surface area (Å²) in [6, 6.07) is 5.74. The molecule has 5 nitrogen and oxygen atoms in total. The Morgan fingerprint density at radius 1 is 1.33 bits per heavy atom. The molecule has 1 fully saturated rings. The third-order valence-electron chi connectivity index (χ3n) is 2.66. The van der Waals surface area contributed by atoms with E-state index in [9.17, 15) is 14.0 Å². The van der Waals surface area contributed by atoms with Gasteiger partial charge >= 0.3 is 0 Å². The Morgan fingerprint density at radius 2 is 2.00 bits per heavy atom. The molecule has 0 spiro atoms. The van der Waals surface area contributed by atoms with Crippen LogP contribution in [-0.4, -0.2) is 29.8 Å². The molecule has 1 aromatic carbocycles. The van der Waals surface area contributed by atoms with Crippen molar-refractivity contribution in [3.05, 3.63) is 35.1 Å². The van der Waals surface area contributed by atoms with Crippen LogP contribution in [0.2, 0.25) is 0 Å². The average Bonchev–Trinajstić information content (AvgIpc) is 2.36. The van der Waals surface area contributed by atoms with E-state index in [1.807, 2.05) is 6.07 Å². The van der Waals surface area contributed by atoms with Gasteiger partial charge in [-0.2, -0.15) is 5.26 Å². The first-order valence-corrected chi connectivity index (χ1v) is 5.34. The number of piperazine rings is 1. The summed E-state index contributed by atoms with van der Waals surface area (Å²) < 4.78 is 13.5. The van der Waals surface area contributed by atoms with E-state index in [0.29, 0.717) is 5.56 Å². The molecule has 0 radical (unpaired) electrons. The summed E-state index contributed by atoms with van der Waals surface area (Å²) in [4.78, 5) is 24.1. The number of nitriles is 1. The molecule has 1 N–H and O–H groups in total. The van der Waals surface area contributed by atoms with Gasteiger partial charge in [-0.25, -0.2) is 4.39 Å². The Morgan fingerprint density at radius 3 is 2.61 bits per heavy atom. The zero-order valence-corrected chi connectivity index (χ0v) is 9.44. The van der Waals surface area contributed by atoms with Crippen LogP contribution in [0, 0.1) is 17.1 Å². The van der Waals surface area contributed by atoms with Crippen LogP contribution in [0.3, 0.4) is 0 Å². The zero-order chi connectivity index (χ0) is 13.1. The number of hydrogen-bond acceptors (Lipinski definition) is 4. The van der Waals surface area contributed by atoms with Crippen molar-refractivity contribution in [1.29, 1.82) is 5.26 Å². The predicted molar refractivity (Wildman–Crippen MR) is 59.5 cm³/mol. The molecule has 2 amide bonds. The van der Waals surface area contributed by atoms with Crippen LogP contribution in [0.25, 0.3) is 0 Å². The third-order valence-corrected chi connectivity index (χ3v) is 2.66. The van der Waals surface area contributed by atoms with Crippen molar-refractivity contribution in [3.63, 3.8) is 0 Å². The minimum absolute atomic E-state index is 0.0608. The van der Waals surface area contributed by atoms with Crippen molar-refractivity contribution in [2.24, 2.45) is 0 Å². The van der Waals surface area contributed by atoms with Crippen LogP contribution in [0.1, 0.15) is 11.1 Å². The molecule has 2 rings (SSSR count). The lowest BCUT2D eigenvalue weighted by atomic mass is 10.1. The molecule has 0 aromatic heterocycles. The number of carbonyl (C=O) groups is 2. The van der Waals surface area contributed by atoms with Crippen molar-refractivity contribution in [2.75, 3.05) is 13.1 Å². The molecule has 1 aromatic rings. The second-order valence-corrected chi connectivity index (χ2v) is 3.90. The van der Waals surface area contributed by atoms with E-state index in [0.717, 1.165) is 11.0 Å². The fourth-order valence-corrected chi connectivity index (χ4v) is 1.72. The molecule has 1 aliphatic rings. The summed E-state index contributed by atoms with van der Waals surface area (Å²) in [5.41, 5.74) is 0.457. The number of benzene rings is 1. The first-order valence-electron chi connectivity index (χ1n) is 5.34. The van der Waals surface area contributed by atoms with Gasteiger partial charge < -0.3 is 0 Å². The topological polar surface area (TPSA) is 73.2 Å². The highest BCUT2D eigenvalue weighted by Gasteiger charge is 2.26. The van der Waals surface area contributed by atoms with Gasteiger partial charge in [0.25, 0.3) is 0 Å². The summed E-state index contributed by atoms with van der Waals surface area (Å²) in [5, 5.41) is 11.4. The van der Waals surface area contributed by atoms with Crippen molar-refractivity contribution >= 4 is 11.8 Å². The molecule has 92 valence electrons. The molecule has 1 heterocycles. The van der Waals surface area contributed by atoms with Gasteiger partial charge in [0.15, 0.2) is 0 Å². The van der Waals surface area contributed by atoms with Gasteiger partial charge in [0.05, 0.1) is 31.3 Å². The Labute approximate surface area is 103 Å². The Kier molecular flexibility index (Phi) is 3.35. The number of amides is 2. The van der Waals surface area contributed by atoms with E-state index in [1.165, 1.54) is 12.1 Å². The van der Waals surface area contributed by atoms with Crippen LogP contribution in [0.5, 0.6) is 0 Å². The van der Waals surface area contributed by atoms with Crippen molar-refractivity contribution in [1.82, 2.24) is 10.2 Å². The van der Waals surface area contributed by atoms with Crippen LogP contribution in [-0.2, 0) is 16.1 Å². The molecule has 0 saturated carbocycles. The molecule has 0 unspecified atom stereocenters. The largest absolute Gasteiger partial charge is 0.300 e. The number of hydrogen-bond donors (Lipinski definition) is 1. The number of rotatable bonds is 2. The van der Waals surface area contributed by atoms with Crippen LogP contribution in [0.15, 0.2) is 18.2 Å². The standard InChI is InChI=1S/C12H10FN3O2/c13-10-2-1-8(4-14)3-9(10)7-16-11(17)5-15-6-12(16)18/h1-3,15H,5-7H2. The lowest BCUT2D eigenvalue weighted by Crippen LogP contribution is -2.51. The summed E-state index contributed by atoms with van der Waals surface area (Å²) >= 11 is 0. The second kappa shape index (κ2) is 4.94. The molecule has 1 aliphatic heterocycles. The lowest BCUT2D eigenvalue weighted by Gasteiger charge is -2.25. The van der Waals surface area contributed by atoms with E-state index in [1.54, 1.807) is 0 Å². The summed E-state index contributed by atoms with van der Waals surface area (Å²) in [5.74, 6) is -1.32. The van der Waals surface area contributed by atoms with Crippen molar-refractivity contribution in [2.45, 2.75) is 6.54 Å². The normalized spacial score (nSPS) is 15.7. The fourth-order valence-electron chi connectivity index (χ4n) is 1.72. The second-order valence-electron chi connectivity index (χ2n) is 3.90. The van der Waals surface area contributed by atoms with E-state index < -0.39 is 17.6 Å². The van der Waals surface area contributed by atoms with Crippen LogP contribution in [0.4, 0.5) is 4.39 Å². The molecule has 0 atom stereocenters. The summed E-state index contributed by atoms with van der Waals surface area (Å²) in [6.07, 6.45) is 0. The Hall–Kier alpha value is -2.26. The Bertz CT molecular complexity index is 535. The molecule has 0 aliphatic carbocycles. The maximum atomic E-state index is 13.5. The van der Waals surface area contributed by atoms with E-state index >= 15 is 0 Å². The quantitative estimate of drug-likeness (QED) is 0.755. The van der Waals surface area contributed by atoms with E-state index in [2.05, 4.69) is 5.32 Å². The molecule has 0 bridgehead atoms. The molecular formula is C12H10FN3O2. The highest BCUT2D eigenvalue weighted by atomic mass is 19.1. The number of imide groups is 1. The van der Waals surface area contributed by atoms with Gasteiger partial charge in [0, 0.05) is 5.56 Å². The third kappa shape index (κ3) is 2.36. The van der Waals surface area contributed by atoms with E-state index in [-0.39, 0.29) is 25.2 Å². The van der Waals surface area contributed by atoms with Crippen molar-refractivity contribution < 1.29 is 14.0 Å². The number of nitrogens with zero attached hydrogens (tertiary/aromatic N) is 2. The first kappa shape index (κ1) is 12.2. The van der Waals surface area contributed by atoms with Gasteiger partial charge in [-0.05, 0) is 18.2 Å². The Balaban J connectivity index is 2.25. The lowest BCUT2D eigenvalue weighted by molar-refractivity contribution is -0.147. The summed E-state index contributed by atoms with van der Waals surface area (Å²) in [6.45, 7) is -0.0166. The van der Waals surface area contributed by atoms with Gasteiger partial charge in [-0.1, -0.05) is 0 Å². The number of nitrogens with one attached hydrogen (secondary N) is 1. The molecule has 18 heavy (non-hydrogen) atoms. The van der Waals surface area contributed by atoms with Gasteiger partial charge in [-0.3, -0.25) is 19.8 Å². The maximum absolute atomic E-state index is 13.5. The molecular weight excluding hydrogens is 237 g/mol. The maximum Gasteiger partial charge on any atom is 0.243 e. The fraction of sp³-hybridized carbons (Fsp3) is 0.250. The highest BCUT2D eigenvalue weighted by molar-refractivity contribution is 5.99. The average molecular weight is 247 g/mol. The smallest absolute Gasteiger partial charge is 0.243 e. The first-order chi connectivity index (χ1) is 8.61. The highest BCUT2D eigenvalue weighted by Crippen LogP contribution is 2.14. The van der Waals surface area contributed by atoms with Gasteiger partial charge in [-0.15, -0.1) is 0 Å². The minimum Gasteiger partial charge on any atom is -0.300 e. The van der Waals surface area contributed by atoms with Crippen molar-refractivity contribution in [3.8, 4) is 6.07 Å². The minimum atomic E-state index is -0.534. The SMILES string of the molecule is N#Cc1ccc(F)c(CN2C(=O)CNCC2=O)c1. The van der Waals surface area contributed by atoms with Gasteiger partial charge in [0.1, 0.15) is 5.82 Å². The van der Waals surface area contributed by atoms with Gasteiger partial charge in [0.2, 0.25) is 11.8 Å². The monoisotopic (exact) mass is 247 g/mol. The predicted octanol–water partition coefficient (Wildman–Crippen LogP) is 0.156. The molecule has 1 saturated heterocycles. The number of carbonyl (C=O) groups excluding carboxylic acids is 2. The number of halogens is 1.